The van der Waals surface area contributed by atoms with Crippen LogP contribution in [0, 0.1) is 11.8 Å². The number of aliphatic hydroxyl groups excluding tert-OH is 2. The van der Waals surface area contributed by atoms with Crippen LogP contribution in [0.3, 0.4) is 0 Å². The average molecular weight is 569 g/mol. The molecule has 1 aliphatic carbocycles. The highest BCUT2D eigenvalue weighted by atomic mass is 16.7. The van der Waals surface area contributed by atoms with E-state index in [9.17, 15) is 29.7 Å². The normalized spacial score (nSPS) is 24.3. The maximum Gasteiger partial charge on any atom is 0.310 e. The molecule has 1 saturated heterocycles. The third-order valence-electron chi connectivity index (χ3n) is 8.10. The molecular formula is C28H28N2O11. The van der Waals surface area contributed by atoms with Crippen molar-refractivity contribution in [3.8, 4) is 28.7 Å². The minimum absolute atomic E-state index is 0.00749. The Morgan fingerprint density at radius 1 is 0.976 bits per heavy atom. The minimum Gasteiger partial charge on any atom is -0.502 e. The molecule has 2 aromatic carbocycles. The quantitative estimate of drug-likeness (QED) is 0.254. The predicted octanol–water partition coefficient (Wildman–Crippen LogP) is 0.309. The highest BCUT2D eigenvalue weighted by Crippen LogP contribution is 2.55. The van der Waals surface area contributed by atoms with Gasteiger partial charge in [-0.05, 0) is 41.0 Å². The molecule has 0 aromatic heterocycles. The Labute approximate surface area is 233 Å². The van der Waals surface area contributed by atoms with Crippen molar-refractivity contribution in [2.24, 2.45) is 11.8 Å². The Hall–Kier alpha value is -4.49. The number of aliphatic hydroxyl groups is 2. The van der Waals surface area contributed by atoms with Gasteiger partial charge in [0, 0.05) is 17.9 Å². The lowest BCUT2D eigenvalue weighted by Crippen LogP contribution is -2.47. The topological polar surface area (TPSA) is 173 Å². The number of phenolic OH excluding ortho intramolecular Hbond substituents is 1. The number of aromatic hydroxyl groups is 1. The number of cyclic esters (lactones) is 1. The summed E-state index contributed by atoms with van der Waals surface area (Å²) in [4.78, 5) is 40.0. The lowest BCUT2D eigenvalue weighted by molar-refractivity contribution is -0.143. The predicted molar refractivity (Wildman–Crippen MR) is 137 cm³/mol. The summed E-state index contributed by atoms with van der Waals surface area (Å²) in [5, 5.41) is 32.8. The average Bonchev–Trinajstić information content (AvgIpc) is 3.67. The maximum absolute atomic E-state index is 13.3. The molecule has 4 aliphatic rings. The van der Waals surface area contributed by atoms with Gasteiger partial charge in [-0.1, -0.05) is 0 Å². The molecule has 2 aromatic rings. The number of esters is 1. The Kier molecular flexibility index (Phi) is 6.62. The summed E-state index contributed by atoms with van der Waals surface area (Å²) >= 11 is 0. The van der Waals surface area contributed by atoms with Gasteiger partial charge in [0.15, 0.2) is 23.0 Å². The Balaban J connectivity index is 1.48. The molecule has 4 N–H and O–H groups in total. The van der Waals surface area contributed by atoms with E-state index in [0.29, 0.717) is 28.2 Å². The second-order valence-corrected chi connectivity index (χ2v) is 10.1. The van der Waals surface area contributed by atoms with E-state index in [2.05, 4.69) is 5.32 Å². The van der Waals surface area contributed by atoms with Crippen LogP contribution in [0.2, 0.25) is 0 Å². The van der Waals surface area contributed by atoms with Gasteiger partial charge in [0.25, 0.3) is 11.8 Å². The summed E-state index contributed by atoms with van der Waals surface area (Å²) in [6.07, 6.45) is 1.11. The van der Waals surface area contributed by atoms with Crippen LogP contribution in [0.25, 0.3) is 0 Å². The molecule has 0 saturated carbocycles. The zero-order valence-electron chi connectivity index (χ0n) is 22.2. The van der Waals surface area contributed by atoms with Gasteiger partial charge in [-0.25, -0.2) is 0 Å². The Bertz CT molecular complexity index is 1440. The number of methoxy groups -OCH3 is 2. The van der Waals surface area contributed by atoms with Crippen molar-refractivity contribution < 1.29 is 53.4 Å². The van der Waals surface area contributed by atoms with Gasteiger partial charge in [0.2, 0.25) is 12.5 Å². The zero-order valence-corrected chi connectivity index (χ0v) is 22.2. The molecule has 13 heteroatoms. The van der Waals surface area contributed by atoms with E-state index in [1.165, 1.54) is 14.2 Å². The van der Waals surface area contributed by atoms with Crippen LogP contribution in [-0.4, -0.2) is 84.9 Å². The van der Waals surface area contributed by atoms with Crippen molar-refractivity contribution in [1.82, 2.24) is 10.2 Å². The van der Waals surface area contributed by atoms with Gasteiger partial charge in [0.1, 0.15) is 5.70 Å². The first-order valence-corrected chi connectivity index (χ1v) is 12.9. The number of benzene rings is 2. The second kappa shape index (κ2) is 10.2. The van der Waals surface area contributed by atoms with E-state index in [-0.39, 0.29) is 36.3 Å². The number of hydrogen-bond donors (Lipinski definition) is 4. The smallest absolute Gasteiger partial charge is 0.310 e. The van der Waals surface area contributed by atoms with Crippen LogP contribution in [0.5, 0.6) is 28.7 Å². The number of hydrogen-bond acceptors (Lipinski definition) is 12. The maximum atomic E-state index is 13.3. The first-order valence-electron chi connectivity index (χ1n) is 12.9. The van der Waals surface area contributed by atoms with E-state index in [1.807, 2.05) is 0 Å². The van der Waals surface area contributed by atoms with Crippen LogP contribution in [-0.2, 0) is 19.1 Å². The van der Waals surface area contributed by atoms with Crippen molar-refractivity contribution in [3.63, 3.8) is 0 Å². The second-order valence-electron chi connectivity index (χ2n) is 10.1. The van der Waals surface area contributed by atoms with Gasteiger partial charge >= 0.3 is 5.97 Å². The number of rotatable bonds is 8. The third kappa shape index (κ3) is 4.11. The summed E-state index contributed by atoms with van der Waals surface area (Å²) in [5.41, 5.74) is 1.94. The number of phenols is 1. The van der Waals surface area contributed by atoms with Crippen LogP contribution < -0.4 is 24.3 Å². The summed E-state index contributed by atoms with van der Waals surface area (Å²) in [6.45, 7) is -1.15. The number of carbonyl (C=O) groups is 3. The van der Waals surface area contributed by atoms with E-state index >= 15 is 0 Å². The van der Waals surface area contributed by atoms with E-state index in [1.54, 1.807) is 24.3 Å². The van der Waals surface area contributed by atoms with Crippen LogP contribution >= 0.6 is 0 Å². The summed E-state index contributed by atoms with van der Waals surface area (Å²) < 4.78 is 27.6. The van der Waals surface area contributed by atoms with E-state index < -0.39 is 60.8 Å². The molecule has 3 heterocycles. The van der Waals surface area contributed by atoms with Crippen molar-refractivity contribution in [3.05, 3.63) is 52.7 Å². The highest BCUT2D eigenvalue weighted by molar-refractivity contribution is 6.16. The highest BCUT2D eigenvalue weighted by Gasteiger charge is 2.53. The molecule has 41 heavy (non-hydrogen) atoms. The first kappa shape index (κ1) is 26.7. The molecule has 13 nitrogen and oxygen atoms in total. The van der Waals surface area contributed by atoms with Crippen LogP contribution in [0.4, 0.5) is 0 Å². The molecule has 0 spiro atoms. The fraction of sp³-hybridized carbons (Fsp3) is 0.393. The van der Waals surface area contributed by atoms with Crippen molar-refractivity contribution >= 4 is 17.8 Å². The monoisotopic (exact) mass is 568 g/mol. The SMILES string of the molecule is COc1cc([C@@H]2c3cc4c(cc3[C@@H](NC3=CC(=O)N(C(CO)CO)C3=O)[C@H]3COC(=O)[C@H]23)OCO4)cc(OC)c1O. The van der Waals surface area contributed by atoms with Crippen LogP contribution in [0.1, 0.15) is 28.7 Å². The van der Waals surface area contributed by atoms with Crippen molar-refractivity contribution in [2.75, 3.05) is 40.8 Å². The molecule has 0 unspecified atom stereocenters. The number of imide groups is 1. The fourth-order valence-corrected chi connectivity index (χ4v) is 6.16. The van der Waals surface area contributed by atoms with Gasteiger partial charge in [-0.15, -0.1) is 0 Å². The number of nitrogens with zero attached hydrogens (tertiary/aromatic N) is 1. The Morgan fingerprint density at radius 3 is 2.22 bits per heavy atom. The van der Waals surface area contributed by atoms with Gasteiger partial charge < -0.3 is 44.3 Å². The van der Waals surface area contributed by atoms with E-state index in [0.717, 1.165) is 11.0 Å². The number of carbonyl (C=O) groups excluding carboxylic acids is 3. The molecule has 0 bridgehead atoms. The molecule has 6 rings (SSSR count). The van der Waals surface area contributed by atoms with E-state index in [4.69, 9.17) is 23.7 Å². The molecular weight excluding hydrogens is 540 g/mol. The van der Waals surface area contributed by atoms with Gasteiger partial charge in [0.05, 0.1) is 52.0 Å². The third-order valence-corrected chi connectivity index (χ3v) is 8.10. The van der Waals surface area contributed by atoms with Crippen LogP contribution in [0.15, 0.2) is 36.0 Å². The lowest BCUT2D eigenvalue weighted by atomic mass is 9.65. The van der Waals surface area contributed by atoms with Crippen molar-refractivity contribution in [2.45, 2.75) is 18.0 Å². The molecule has 4 atom stereocenters. The largest absolute Gasteiger partial charge is 0.502 e. The molecule has 0 radical (unpaired) electrons. The number of fused-ring (bicyclic) bond motifs is 3. The Morgan fingerprint density at radius 2 is 1.61 bits per heavy atom. The molecule has 3 aliphatic heterocycles. The summed E-state index contributed by atoms with van der Waals surface area (Å²) in [7, 11) is 2.82. The summed E-state index contributed by atoms with van der Waals surface area (Å²) in [5.74, 6) is -2.56. The lowest BCUT2D eigenvalue weighted by Gasteiger charge is -2.40. The minimum atomic E-state index is -1.09. The number of amides is 2. The van der Waals surface area contributed by atoms with Gasteiger partial charge in [-0.3, -0.25) is 19.3 Å². The van der Waals surface area contributed by atoms with Crippen molar-refractivity contribution in [1.29, 1.82) is 0 Å². The summed E-state index contributed by atoms with van der Waals surface area (Å²) in [6, 6.07) is 5.07. The van der Waals surface area contributed by atoms with Gasteiger partial charge in [-0.2, -0.15) is 0 Å². The fourth-order valence-electron chi connectivity index (χ4n) is 6.16. The first-order chi connectivity index (χ1) is 19.8. The zero-order chi connectivity index (χ0) is 29.0. The number of nitrogens with one attached hydrogen (secondary N) is 1. The molecule has 2 amide bonds. The molecule has 216 valence electrons. The standard InChI is InChI=1S/C28H28N2O11/c1-37-20-3-12(4-21(38-2)26(20)34)23-14-5-18-19(41-11-40-18)6-15(14)25(16-10-39-28(36)24(16)23)29-17-7-22(33)30(27(17)35)13(8-31)9-32/h3-7,13,16,23-25,29,31-32,34H,8-11H2,1-2H3/t16-,23+,24-,25+/m0/s1. The molecule has 1 fully saturated rings. The number of ether oxygens (including phenoxy) is 5.